The van der Waals surface area contributed by atoms with Crippen molar-refractivity contribution in [2.75, 3.05) is 18.9 Å². The first-order valence-electron chi connectivity index (χ1n) is 8.98. The molecule has 0 aromatic heterocycles. The van der Waals surface area contributed by atoms with Crippen LogP contribution in [0.5, 0.6) is 0 Å². The van der Waals surface area contributed by atoms with Crippen molar-refractivity contribution in [3.8, 4) is 0 Å². The summed E-state index contributed by atoms with van der Waals surface area (Å²) in [6.45, 7) is 5.65. The number of carbonyl (C=O) groups excluding carboxylic acids is 1. The molecule has 152 valence electrons. The monoisotopic (exact) mass is 423 g/mol. The second-order valence-electron chi connectivity index (χ2n) is 6.81. The number of anilines is 1. The average Bonchev–Trinajstić information content (AvgIpc) is 2.66. The Labute approximate surface area is 171 Å². The number of hydrogen-bond donors (Lipinski definition) is 2. The molecule has 1 atom stereocenters. The fraction of sp³-hybridized carbons (Fsp3) is 0.350. The largest absolute Gasteiger partial charge is 0.325 e. The number of sulfonamides is 1. The first kappa shape index (κ1) is 22.4. The number of nitrogens with one attached hydrogen (secondary N) is 2. The topological polar surface area (TPSA) is 78.5 Å². The summed E-state index contributed by atoms with van der Waals surface area (Å²) in [5.74, 6) is -0.228. The van der Waals surface area contributed by atoms with Gasteiger partial charge in [-0.05, 0) is 56.7 Å². The normalized spacial score (nSPS) is 13.0. The summed E-state index contributed by atoms with van der Waals surface area (Å²) in [6, 6.07) is 13.4. The second-order valence-corrected chi connectivity index (χ2v) is 9.22. The molecule has 2 aromatic rings. The van der Waals surface area contributed by atoms with Crippen LogP contribution in [0.3, 0.4) is 0 Å². The Morgan fingerprint density at radius 3 is 2.25 bits per heavy atom. The van der Waals surface area contributed by atoms with Gasteiger partial charge in [0.1, 0.15) is 0 Å². The molecule has 8 heteroatoms. The third-order valence-corrected chi connectivity index (χ3v) is 6.87. The van der Waals surface area contributed by atoms with E-state index >= 15 is 0 Å². The Morgan fingerprint density at radius 1 is 1.07 bits per heavy atom. The standard InChI is InChI=1S/C20H26ClN3O3S/c1-14(2)24(4)28(26,27)17-11-9-16(10-12-17)23-20(25)13-22-15(3)18-7-5-6-8-19(18)21/h5-12,14-15,22H,13H2,1-4H3,(H,23,25)/t15-/m0/s1. The van der Waals surface area contributed by atoms with Crippen LogP contribution in [0.1, 0.15) is 32.4 Å². The fourth-order valence-corrected chi connectivity index (χ4v) is 4.21. The summed E-state index contributed by atoms with van der Waals surface area (Å²) >= 11 is 6.16. The molecule has 0 radical (unpaired) electrons. The molecule has 2 aromatic carbocycles. The summed E-state index contributed by atoms with van der Waals surface area (Å²) in [5.41, 5.74) is 1.45. The minimum absolute atomic E-state index is 0.0847. The van der Waals surface area contributed by atoms with E-state index in [1.165, 1.54) is 16.4 Å². The highest BCUT2D eigenvalue weighted by molar-refractivity contribution is 7.89. The van der Waals surface area contributed by atoms with Gasteiger partial charge in [0.15, 0.2) is 0 Å². The van der Waals surface area contributed by atoms with Crippen molar-refractivity contribution in [2.24, 2.45) is 0 Å². The molecule has 0 saturated carbocycles. The lowest BCUT2D eigenvalue weighted by Crippen LogP contribution is -2.33. The molecule has 0 aliphatic rings. The molecule has 2 N–H and O–H groups in total. The van der Waals surface area contributed by atoms with E-state index in [0.717, 1.165) is 5.56 Å². The van der Waals surface area contributed by atoms with Gasteiger partial charge in [0, 0.05) is 29.8 Å². The maximum Gasteiger partial charge on any atom is 0.243 e. The zero-order chi connectivity index (χ0) is 20.9. The lowest BCUT2D eigenvalue weighted by molar-refractivity contribution is -0.115. The molecular formula is C20H26ClN3O3S. The third-order valence-electron chi connectivity index (χ3n) is 4.48. The second kappa shape index (κ2) is 9.52. The Balaban J connectivity index is 1.95. The Hall–Kier alpha value is -1.93. The third kappa shape index (κ3) is 5.54. The maximum atomic E-state index is 12.5. The quantitative estimate of drug-likeness (QED) is 0.679. The number of benzene rings is 2. The average molecular weight is 424 g/mol. The number of hydrogen-bond acceptors (Lipinski definition) is 4. The first-order chi connectivity index (χ1) is 13.1. The van der Waals surface area contributed by atoms with Crippen molar-refractivity contribution in [3.05, 3.63) is 59.1 Å². The van der Waals surface area contributed by atoms with Crippen LogP contribution in [-0.4, -0.2) is 38.3 Å². The Morgan fingerprint density at radius 2 is 1.68 bits per heavy atom. The highest BCUT2D eigenvalue weighted by Crippen LogP contribution is 2.22. The van der Waals surface area contributed by atoms with Gasteiger partial charge < -0.3 is 10.6 Å². The molecule has 0 aliphatic heterocycles. The molecule has 0 aliphatic carbocycles. The summed E-state index contributed by atoms with van der Waals surface area (Å²) in [4.78, 5) is 12.4. The van der Waals surface area contributed by atoms with Crippen molar-refractivity contribution in [3.63, 3.8) is 0 Å². The summed E-state index contributed by atoms with van der Waals surface area (Å²) in [7, 11) is -2.00. The molecule has 0 heterocycles. The van der Waals surface area contributed by atoms with E-state index in [9.17, 15) is 13.2 Å². The minimum Gasteiger partial charge on any atom is -0.325 e. The molecule has 0 saturated heterocycles. The van der Waals surface area contributed by atoms with E-state index in [0.29, 0.717) is 10.7 Å². The molecule has 0 fully saturated rings. The van der Waals surface area contributed by atoms with Crippen LogP contribution in [0.25, 0.3) is 0 Å². The zero-order valence-corrected chi connectivity index (χ0v) is 18.0. The summed E-state index contributed by atoms with van der Waals surface area (Å²) in [5, 5.41) is 6.52. The molecule has 2 rings (SSSR count). The van der Waals surface area contributed by atoms with Crippen molar-refractivity contribution in [1.82, 2.24) is 9.62 Å². The van der Waals surface area contributed by atoms with Crippen LogP contribution in [0.2, 0.25) is 5.02 Å². The van der Waals surface area contributed by atoms with E-state index in [4.69, 9.17) is 11.6 Å². The minimum atomic E-state index is -3.54. The Bertz CT molecular complexity index is 915. The molecule has 0 bridgehead atoms. The SMILES string of the molecule is CC(C)N(C)S(=O)(=O)c1ccc(NC(=O)CN[C@@H](C)c2ccccc2Cl)cc1. The number of nitrogens with zero attached hydrogens (tertiary/aromatic N) is 1. The van der Waals surface area contributed by atoms with Crippen LogP contribution in [0.4, 0.5) is 5.69 Å². The van der Waals surface area contributed by atoms with Gasteiger partial charge in [0.05, 0.1) is 11.4 Å². The smallest absolute Gasteiger partial charge is 0.243 e. The molecular weight excluding hydrogens is 398 g/mol. The van der Waals surface area contributed by atoms with Gasteiger partial charge in [-0.2, -0.15) is 4.31 Å². The molecule has 0 unspecified atom stereocenters. The van der Waals surface area contributed by atoms with Crippen molar-refractivity contribution >= 4 is 33.2 Å². The molecule has 0 spiro atoms. The van der Waals surface area contributed by atoms with Gasteiger partial charge in [-0.3, -0.25) is 4.79 Å². The van der Waals surface area contributed by atoms with E-state index in [2.05, 4.69) is 10.6 Å². The van der Waals surface area contributed by atoms with Crippen LogP contribution in [-0.2, 0) is 14.8 Å². The van der Waals surface area contributed by atoms with Gasteiger partial charge in [-0.1, -0.05) is 29.8 Å². The van der Waals surface area contributed by atoms with Crippen LogP contribution in [0, 0.1) is 0 Å². The van der Waals surface area contributed by atoms with Gasteiger partial charge >= 0.3 is 0 Å². The van der Waals surface area contributed by atoms with Gasteiger partial charge in [0.25, 0.3) is 0 Å². The lowest BCUT2D eigenvalue weighted by Gasteiger charge is -2.21. The lowest BCUT2D eigenvalue weighted by atomic mass is 10.1. The van der Waals surface area contributed by atoms with Crippen LogP contribution in [0.15, 0.2) is 53.4 Å². The van der Waals surface area contributed by atoms with Gasteiger partial charge in [-0.15, -0.1) is 0 Å². The number of carbonyl (C=O) groups is 1. The predicted molar refractivity (Wildman–Crippen MR) is 113 cm³/mol. The molecule has 1 amide bonds. The highest BCUT2D eigenvalue weighted by atomic mass is 35.5. The van der Waals surface area contributed by atoms with E-state index in [1.807, 2.05) is 45.0 Å². The summed E-state index contributed by atoms with van der Waals surface area (Å²) in [6.07, 6.45) is 0. The van der Waals surface area contributed by atoms with Crippen LogP contribution < -0.4 is 10.6 Å². The Kier molecular flexibility index (Phi) is 7.60. The van der Waals surface area contributed by atoms with Gasteiger partial charge in [0.2, 0.25) is 15.9 Å². The van der Waals surface area contributed by atoms with Crippen molar-refractivity contribution < 1.29 is 13.2 Å². The fourth-order valence-electron chi connectivity index (χ4n) is 2.54. The first-order valence-corrected chi connectivity index (χ1v) is 10.8. The number of amides is 1. The van der Waals surface area contributed by atoms with Gasteiger partial charge in [-0.25, -0.2) is 8.42 Å². The van der Waals surface area contributed by atoms with E-state index < -0.39 is 10.0 Å². The maximum absolute atomic E-state index is 12.5. The van der Waals surface area contributed by atoms with E-state index in [-0.39, 0.29) is 29.4 Å². The highest BCUT2D eigenvalue weighted by Gasteiger charge is 2.22. The van der Waals surface area contributed by atoms with Crippen molar-refractivity contribution in [2.45, 2.75) is 37.8 Å². The van der Waals surface area contributed by atoms with E-state index in [1.54, 1.807) is 19.2 Å². The predicted octanol–water partition coefficient (Wildman–Crippen LogP) is 3.66. The molecule has 6 nitrogen and oxygen atoms in total. The zero-order valence-electron chi connectivity index (χ0n) is 16.4. The number of halogens is 1. The number of rotatable bonds is 8. The summed E-state index contributed by atoms with van der Waals surface area (Å²) < 4.78 is 26.2. The molecule has 28 heavy (non-hydrogen) atoms. The van der Waals surface area contributed by atoms with Crippen molar-refractivity contribution in [1.29, 1.82) is 0 Å². The van der Waals surface area contributed by atoms with Crippen LogP contribution >= 0.6 is 11.6 Å².